The van der Waals surface area contributed by atoms with Gasteiger partial charge in [0.05, 0.1) is 5.41 Å². The molecule has 5 nitrogen and oxygen atoms in total. The number of nitrogens with one attached hydrogen (secondary N) is 2. The van der Waals surface area contributed by atoms with Crippen LogP contribution in [0.25, 0.3) is 0 Å². The van der Waals surface area contributed by atoms with Gasteiger partial charge in [0.2, 0.25) is 0 Å². The van der Waals surface area contributed by atoms with Crippen molar-refractivity contribution in [1.82, 2.24) is 10.6 Å². The van der Waals surface area contributed by atoms with Crippen molar-refractivity contribution in [2.24, 2.45) is 5.41 Å². The van der Waals surface area contributed by atoms with Gasteiger partial charge in [0.1, 0.15) is 0 Å². The molecule has 1 aromatic rings. The second-order valence-corrected chi connectivity index (χ2v) is 6.62. The van der Waals surface area contributed by atoms with Crippen molar-refractivity contribution in [1.29, 1.82) is 0 Å². The quantitative estimate of drug-likeness (QED) is 0.756. The van der Waals surface area contributed by atoms with Crippen molar-refractivity contribution in [3.8, 4) is 0 Å². The average Bonchev–Trinajstić information content (AvgIpc) is 2.99. The van der Waals surface area contributed by atoms with Crippen LogP contribution >= 0.6 is 11.3 Å². The largest absolute Gasteiger partial charge is 0.481 e. The minimum absolute atomic E-state index is 0.215. The fourth-order valence-electron chi connectivity index (χ4n) is 2.76. The summed E-state index contributed by atoms with van der Waals surface area (Å²) >= 11 is 1.66. The molecule has 0 unspecified atom stereocenters. The lowest BCUT2D eigenvalue weighted by Gasteiger charge is -2.33. The molecule has 0 aromatic carbocycles. The van der Waals surface area contributed by atoms with Crippen LogP contribution in [-0.4, -0.2) is 30.2 Å². The molecule has 1 fully saturated rings. The third-order valence-electron chi connectivity index (χ3n) is 4.09. The monoisotopic (exact) mass is 310 g/mol. The van der Waals surface area contributed by atoms with Gasteiger partial charge in [-0.2, -0.15) is 0 Å². The van der Waals surface area contributed by atoms with Crippen LogP contribution in [-0.2, 0) is 11.2 Å². The van der Waals surface area contributed by atoms with E-state index in [0.29, 0.717) is 19.4 Å². The average molecular weight is 310 g/mol. The fraction of sp³-hybridized carbons (Fsp3) is 0.600. The van der Waals surface area contributed by atoms with Gasteiger partial charge in [-0.05, 0) is 30.7 Å². The highest BCUT2D eigenvalue weighted by atomic mass is 32.1. The molecule has 0 radical (unpaired) electrons. The van der Waals surface area contributed by atoms with Gasteiger partial charge in [-0.1, -0.05) is 25.3 Å². The maximum Gasteiger partial charge on any atom is 0.314 e. The predicted molar refractivity (Wildman–Crippen MR) is 82.6 cm³/mol. The summed E-state index contributed by atoms with van der Waals surface area (Å²) in [6.07, 6.45) is 5.04. The first-order valence-electron chi connectivity index (χ1n) is 7.40. The molecule has 0 bridgehead atoms. The molecule has 1 aromatic heterocycles. The van der Waals surface area contributed by atoms with Crippen molar-refractivity contribution < 1.29 is 14.7 Å². The van der Waals surface area contributed by atoms with E-state index in [1.807, 2.05) is 17.5 Å². The molecular weight excluding hydrogens is 288 g/mol. The van der Waals surface area contributed by atoms with E-state index in [2.05, 4.69) is 10.6 Å². The molecule has 1 heterocycles. The molecule has 2 rings (SSSR count). The highest BCUT2D eigenvalue weighted by molar-refractivity contribution is 7.09. The van der Waals surface area contributed by atoms with E-state index >= 15 is 0 Å². The van der Waals surface area contributed by atoms with Crippen LogP contribution in [0.3, 0.4) is 0 Å². The smallest absolute Gasteiger partial charge is 0.314 e. The highest BCUT2D eigenvalue weighted by Gasteiger charge is 2.39. The zero-order valence-corrected chi connectivity index (χ0v) is 12.9. The molecule has 0 spiro atoms. The van der Waals surface area contributed by atoms with Crippen LogP contribution in [0.4, 0.5) is 4.79 Å². The first-order valence-corrected chi connectivity index (χ1v) is 8.28. The number of carboxylic acids is 1. The third kappa shape index (κ3) is 4.46. The maximum atomic E-state index is 11.8. The second kappa shape index (κ2) is 7.45. The molecule has 1 aliphatic rings. The molecule has 0 saturated heterocycles. The number of amides is 2. The molecule has 6 heteroatoms. The molecule has 1 saturated carbocycles. The molecule has 21 heavy (non-hydrogen) atoms. The van der Waals surface area contributed by atoms with Gasteiger partial charge in [0.25, 0.3) is 0 Å². The lowest BCUT2D eigenvalue weighted by Crippen LogP contribution is -2.47. The van der Waals surface area contributed by atoms with E-state index in [9.17, 15) is 14.7 Å². The summed E-state index contributed by atoms with van der Waals surface area (Å²) < 4.78 is 0. The summed E-state index contributed by atoms with van der Waals surface area (Å²) in [4.78, 5) is 24.5. The number of carbonyl (C=O) groups excluding carboxylic acids is 1. The van der Waals surface area contributed by atoms with E-state index in [-0.39, 0.29) is 12.6 Å². The third-order valence-corrected chi connectivity index (χ3v) is 5.02. The number of rotatable bonds is 6. The Hall–Kier alpha value is -1.56. The molecule has 0 aliphatic heterocycles. The summed E-state index contributed by atoms with van der Waals surface area (Å²) in [6.45, 7) is 0.777. The second-order valence-electron chi connectivity index (χ2n) is 5.58. The molecule has 1 aliphatic carbocycles. The van der Waals surface area contributed by atoms with Gasteiger partial charge in [-0.3, -0.25) is 4.79 Å². The number of aliphatic carboxylic acids is 1. The molecule has 116 valence electrons. The Balaban J connectivity index is 1.72. The Morgan fingerprint density at radius 1 is 1.24 bits per heavy atom. The number of carbonyl (C=O) groups is 2. The maximum absolute atomic E-state index is 11.8. The Bertz CT molecular complexity index is 467. The van der Waals surface area contributed by atoms with Crippen molar-refractivity contribution in [2.45, 2.75) is 38.5 Å². The Kier molecular flexibility index (Phi) is 5.61. The normalized spacial score (nSPS) is 17.1. The van der Waals surface area contributed by atoms with Crippen LogP contribution in [0.1, 0.15) is 37.0 Å². The number of urea groups is 1. The Morgan fingerprint density at radius 2 is 2.00 bits per heavy atom. The summed E-state index contributed by atoms with van der Waals surface area (Å²) in [5.74, 6) is -0.791. The van der Waals surface area contributed by atoms with Crippen LogP contribution < -0.4 is 10.6 Å². The Morgan fingerprint density at radius 3 is 2.62 bits per heavy atom. The van der Waals surface area contributed by atoms with Gasteiger partial charge >= 0.3 is 12.0 Å². The SMILES string of the molecule is O=C(NCCc1cccs1)NCC1(C(=O)O)CCCCC1. The number of carboxylic acid groups (broad SMARTS) is 1. The van der Waals surface area contributed by atoms with E-state index in [1.165, 1.54) is 4.88 Å². The van der Waals surface area contributed by atoms with Gasteiger partial charge in [0.15, 0.2) is 0 Å². The summed E-state index contributed by atoms with van der Waals surface area (Å²) in [7, 11) is 0. The summed E-state index contributed by atoms with van der Waals surface area (Å²) in [5, 5.41) is 16.9. The van der Waals surface area contributed by atoms with Gasteiger partial charge < -0.3 is 15.7 Å². The molecule has 3 N–H and O–H groups in total. The standard InChI is InChI=1S/C15H22N2O3S/c18-13(19)15(7-2-1-3-8-15)11-17-14(20)16-9-6-12-5-4-10-21-12/h4-5,10H,1-3,6-9,11H2,(H,18,19)(H2,16,17,20). The summed E-state index contributed by atoms with van der Waals surface area (Å²) in [5.41, 5.74) is -0.774. The number of hydrogen-bond donors (Lipinski definition) is 3. The summed E-state index contributed by atoms with van der Waals surface area (Å²) in [6, 6.07) is 3.74. The lowest BCUT2D eigenvalue weighted by molar-refractivity contribution is -0.150. The zero-order chi connectivity index (χ0) is 15.1. The van der Waals surface area contributed by atoms with E-state index < -0.39 is 11.4 Å². The highest BCUT2D eigenvalue weighted by Crippen LogP contribution is 2.35. The van der Waals surface area contributed by atoms with Crippen LogP contribution in [0.15, 0.2) is 17.5 Å². The van der Waals surface area contributed by atoms with Gasteiger partial charge in [0, 0.05) is 18.0 Å². The first kappa shape index (κ1) is 15.8. The molecule has 0 atom stereocenters. The van der Waals surface area contributed by atoms with E-state index in [0.717, 1.165) is 25.7 Å². The Labute approximate surface area is 128 Å². The minimum atomic E-state index is -0.791. The van der Waals surface area contributed by atoms with Crippen molar-refractivity contribution in [3.63, 3.8) is 0 Å². The lowest BCUT2D eigenvalue weighted by atomic mass is 9.74. The topological polar surface area (TPSA) is 78.4 Å². The minimum Gasteiger partial charge on any atom is -0.481 e. The number of hydrogen-bond acceptors (Lipinski definition) is 3. The van der Waals surface area contributed by atoms with Gasteiger partial charge in [-0.25, -0.2) is 4.79 Å². The fourth-order valence-corrected chi connectivity index (χ4v) is 3.47. The predicted octanol–water partition coefficient (Wildman–Crippen LogP) is 2.62. The first-order chi connectivity index (χ1) is 10.1. The van der Waals surface area contributed by atoms with Gasteiger partial charge in [-0.15, -0.1) is 11.3 Å². The van der Waals surface area contributed by atoms with E-state index in [1.54, 1.807) is 11.3 Å². The van der Waals surface area contributed by atoms with E-state index in [4.69, 9.17) is 0 Å². The number of thiophene rings is 1. The van der Waals surface area contributed by atoms with Crippen LogP contribution in [0.2, 0.25) is 0 Å². The molecular formula is C15H22N2O3S. The zero-order valence-electron chi connectivity index (χ0n) is 12.1. The molecule has 2 amide bonds. The van der Waals surface area contributed by atoms with Crippen molar-refractivity contribution in [2.75, 3.05) is 13.1 Å². The van der Waals surface area contributed by atoms with Crippen LogP contribution in [0, 0.1) is 5.41 Å². The van der Waals surface area contributed by atoms with Crippen molar-refractivity contribution >= 4 is 23.3 Å². The van der Waals surface area contributed by atoms with Crippen molar-refractivity contribution in [3.05, 3.63) is 22.4 Å². The van der Waals surface area contributed by atoms with Crippen LogP contribution in [0.5, 0.6) is 0 Å².